The van der Waals surface area contributed by atoms with Gasteiger partial charge in [-0.3, -0.25) is 9.11 Å². The van der Waals surface area contributed by atoms with E-state index in [1.165, 1.54) is 0 Å². The third-order valence-corrected chi connectivity index (χ3v) is 0. The Labute approximate surface area is 85.5 Å². The molecule has 7 heteroatoms. The van der Waals surface area contributed by atoms with Crippen LogP contribution in [0.15, 0.2) is 0 Å². The van der Waals surface area contributed by atoms with Crippen LogP contribution < -0.4 is 0 Å². The van der Waals surface area contributed by atoms with Crippen molar-refractivity contribution in [1.82, 2.24) is 0 Å². The van der Waals surface area contributed by atoms with Crippen LogP contribution >= 0.6 is 0 Å². The van der Waals surface area contributed by atoms with Crippen LogP contribution in [0.1, 0.15) is 0 Å². The second kappa shape index (κ2) is 5.89. The quantitative estimate of drug-likeness (QED) is 0.460. The summed E-state index contributed by atoms with van der Waals surface area (Å²) in [5.74, 6) is 0. The van der Waals surface area contributed by atoms with Crippen molar-refractivity contribution >= 4 is 10.4 Å². The maximum absolute atomic E-state index is 8.74. The molecule has 0 aromatic carbocycles. The maximum Gasteiger partial charge on any atom is 0.394 e. The molecule has 0 aliphatic rings. The van der Waals surface area contributed by atoms with Gasteiger partial charge in [0.2, 0.25) is 0 Å². The molecule has 0 heterocycles. The number of rotatable bonds is 0. The summed E-state index contributed by atoms with van der Waals surface area (Å²) in [6.45, 7) is 0. The molecule has 0 bridgehead atoms. The molecule has 0 atom stereocenters. The summed E-state index contributed by atoms with van der Waals surface area (Å²) in [5, 5.41) is 0. The number of hydrogen-bond donors (Lipinski definition) is 2. The van der Waals surface area contributed by atoms with Crippen molar-refractivity contribution in [3.05, 3.63) is 0 Å². The third-order valence-electron chi connectivity index (χ3n) is 0. The van der Waals surface area contributed by atoms with Crippen LogP contribution in [0.25, 0.3) is 0 Å². The smallest absolute Gasteiger partial charge is 0.264 e. The molecular formula is H2CeFeO4S. The van der Waals surface area contributed by atoms with Gasteiger partial charge in [0.15, 0.2) is 0 Å². The molecule has 0 saturated heterocycles. The van der Waals surface area contributed by atoms with Gasteiger partial charge in [-0.25, -0.2) is 0 Å². The zero-order valence-electron chi connectivity index (χ0n) is 2.97. The van der Waals surface area contributed by atoms with Crippen molar-refractivity contribution in [2.45, 2.75) is 0 Å². The van der Waals surface area contributed by atoms with Crippen LogP contribution in [0.4, 0.5) is 0 Å². The van der Waals surface area contributed by atoms with Crippen LogP contribution in [-0.4, -0.2) is 17.5 Å². The summed E-state index contributed by atoms with van der Waals surface area (Å²) in [6, 6.07) is 0. The van der Waals surface area contributed by atoms with Crippen LogP contribution in [0.3, 0.4) is 0 Å². The Hall–Kier alpha value is 1.77. The van der Waals surface area contributed by atoms with Gasteiger partial charge in [0, 0.05) is 58.8 Å². The first-order valence-electron chi connectivity index (χ1n) is 0.698. The molecule has 0 aliphatic carbocycles. The van der Waals surface area contributed by atoms with Crippen molar-refractivity contribution in [2.24, 2.45) is 0 Å². The first-order chi connectivity index (χ1) is 2.00. The minimum Gasteiger partial charge on any atom is -0.264 e. The maximum atomic E-state index is 8.74. The normalized spacial score (nSPS) is 8.29. The average Bonchev–Trinajstić information content (AvgIpc) is 0.722. The van der Waals surface area contributed by atoms with Crippen LogP contribution in [-0.2, 0) is 27.5 Å². The van der Waals surface area contributed by atoms with Gasteiger partial charge in [0.05, 0.1) is 0 Å². The fraction of sp³-hybridized carbons (Fsp3) is 0. The molecule has 0 aromatic rings. The SMILES string of the molecule is O=S(=O)(O)O.[Ce].[Fe]. The Kier molecular flexibility index (Phi) is 13.4. The van der Waals surface area contributed by atoms with Gasteiger partial charge in [-0.2, -0.15) is 8.42 Å². The fourth-order valence-electron chi connectivity index (χ4n) is 0. The van der Waals surface area contributed by atoms with Gasteiger partial charge in [-0.1, -0.05) is 0 Å². The van der Waals surface area contributed by atoms with Crippen molar-refractivity contribution < 1.29 is 76.3 Å². The van der Waals surface area contributed by atoms with E-state index in [2.05, 4.69) is 0 Å². The molecular weight excluding hydrogens is 292 g/mol. The molecule has 0 aromatic heterocycles. The summed E-state index contributed by atoms with van der Waals surface area (Å²) in [7, 11) is -4.67. The second-order valence-electron chi connectivity index (χ2n) is 0.448. The molecule has 0 unspecified atom stereocenters. The van der Waals surface area contributed by atoms with Crippen molar-refractivity contribution in [3.8, 4) is 0 Å². The summed E-state index contributed by atoms with van der Waals surface area (Å²) >= 11 is 0. The van der Waals surface area contributed by atoms with E-state index in [-0.39, 0.29) is 58.8 Å². The van der Waals surface area contributed by atoms with Gasteiger partial charge in [0.1, 0.15) is 0 Å². The van der Waals surface area contributed by atoms with Crippen LogP contribution in [0, 0.1) is 41.7 Å². The van der Waals surface area contributed by atoms with Gasteiger partial charge >= 0.3 is 10.4 Å². The molecule has 0 fully saturated rings. The van der Waals surface area contributed by atoms with E-state index in [1.54, 1.807) is 0 Å². The molecule has 0 saturated carbocycles. The van der Waals surface area contributed by atoms with Crippen molar-refractivity contribution in [3.63, 3.8) is 0 Å². The van der Waals surface area contributed by atoms with E-state index in [9.17, 15) is 0 Å². The molecule has 0 radical (unpaired) electrons. The predicted octanol–water partition coefficient (Wildman–Crippen LogP) is -0.655. The van der Waals surface area contributed by atoms with Crippen LogP contribution in [0.5, 0.6) is 0 Å². The van der Waals surface area contributed by atoms with E-state index < -0.39 is 10.4 Å². The molecule has 7 heavy (non-hydrogen) atoms. The minimum atomic E-state index is -4.67. The largest absolute Gasteiger partial charge is 0.394 e. The van der Waals surface area contributed by atoms with Gasteiger partial charge in [-0.15, -0.1) is 0 Å². The standard InChI is InChI=1S/Ce.Fe.H2O4S/c;;1-5(2,3)4/h;;(H2,1,2,3,4). The zero-order chi connectivity index (χ0) is 4.50. The van der Waals surface area contributed by atoms with E-state index in [0.717, 1.165) is 0 Å². The molecule has 0 aliphatic heterocycles. The predicted molar refractivity (Wildman–Crippen MR) is 14.2 cm³/mol. The van der Waals surface area contributed by atoms with Crippen molar-refractivity contribution in [2.75, 3.05) is 0 Å². The molecule has 0 rings (SSSR count). The molecule has 0 spiro atoms. The molecule has 44 valence electrons. The Bertz CT molecular complexity index is 94.9. The first-order valence-corrected chi connectivity index (χ1v) is 2.10. The zero-order valence-corrected chi connectivity index (χ0v) is 8.03. The average molecular weight is 294 g/mol. The van der Waals surface area contributed by atoms with E-state index in [1.807, 2.05) is 0 Å². The molecule has 4 nitrogen and oxygen atoms in total. The van der Waals surface area contributed by atoms with Gasteiger partial charge < -0.3 is 0 Å². The van der Waals surface area contributed by atoms with Crippen LogP contribution in [0.2, 0.25) is 0 Å². The Morgan fingerprint density at radius 1 is 1.14 bits per heavy atom. The van der Waals surface area contributed by atoms with E-state index >= 15 is 0 Å². The summed E-state index contributed by atoms with van der Waals surface area (Å²) in [5.41, 5.74) is 0. The third kappa shape index (κ3) is 82.8. The summed E-state index contributed by atoms with van der Waals surface area (Å²) < 4.78 is 31.6. The fourth-order valence-corrected chi connectivity index (χ4v) is 0. The monoisotopic (exact) mass is 294 g/mol. The van der Waals surface area contributed by atoms with Crippen molar-refractivity contribution in [1.29, 1.82) is 0 Å². The Balaban J connectivity index is -0.0000000800. The Morgan fingerprint density at radius 3 is 1.14 bits per heavy atom. The molecule has 0 amide bonds. The Morgan fingerprint density at radius 2 is 1.14 bits per heavy atom. The van der Waals surface area contributed by atoms with Gasteiger partial charge in [0.25, 0.3) is 0 Å². The van der Waals surface area contributed by atoms with Gasteiger partial charge in [-0.05, 0) is 0 Å². The summed E-state index contributed by atoms with van der Waals surface area (Å²) in [6.07, 6.45) is 0. The summed E-state index contributed by atoms with van der Waals surface area (Å²) in [4.78, 5) is 0. The minimum absolute atomic E-state index is 0. The number of hydrogen-bond acceptors (Lipinski definition) is 2. The topological polar surface area (TPSA) is 74.6 Å². The van der Waals surface area contributed by atoms with E-state index in [0.29, 0.717) is 0 Å². The first kappa shape index (κ1) is 15.9. The molecule has 2 N–H and O–H groups in total. The van der Waals surface area contributed by atoms with E-state index in [4.69, 9.17) is 17.5 Å². The second-order valence-corrected chi connectivity index (χ2v) is 1.34.